The highest BCUT2D eigenvalue weighted by Crippen LogP contribution is 2.30. The number of rotatable bonds is 5. The molecule has 1 saturated heterocycles. The Morgan fingerprint density at radius 1 is 1.29 bits per heavy atom. The zero-order chi connectivity index (χ0) is 22.1. The summed E-state index contributed by atoms with van der Waals surface area (Å²) in [7, 11) is 0. The molecule has 3 heterocycles. The molecule has 160 valence electrons. The van der Waals surface area contributed by atoms with E-state index in [0.717, 1.165) is 22.1 Å². The van der Waals surface area contributed by atoms with Gasteiger partial charge in [-0.15, -0.1) is 21.5 Å². The molecular formula is C19H16F2N6O3S. The molecule has 1 aliphatic heterocycles. The highest BCUT2D eigenvalue weighted by Gasteiger charge is 2.33. The van der Waals surface area contributed by atoms with E-state index in [1.54, 1.807) is 0 Å². The van der Waals surface area contributed by atoms with Crippen LogP contribution in [0.25, 0.3) is 11.3 Å². The van der Waals surface area contributed by atoms with E-state index in [1.807, 2.05) is 6.92 Å². The quantitative estimate of drug-likeness (QED) is 0.471. The van der Waals surface area contributed by atoms with Gasteiger partial charge in [0.2, 0.25) is 5.82 Å². The Hall–Kier alpha value is -3.54. The van der Waals surface area contributed by atoms with Gasteiger partial charge in [-0.2, -0.15) is 0 Å². The Morgan fingerprint density at radius 2 is 2.06 bits per heavy atom. The summed E-state index contributed by atoms with van der Waals surface area (Å²) < 4.78 is 27.3. The zero-order valence-corrected chi connectivity index (χ0v) is 17.0. The minimum atomic E-state index is -0.865. The number of urea groups is 1. The summed E-state index contributed by atoms with van der Waals surface area (Å²) in [5.41, 5.74) is -0.435. The number of carbonyl (C=O) groups excluding carboxylic acids is 1. The standard InChI is InChI=1S/C19H16F2N6O3S/c1-10-24-25-17(31-10)6-11-8-26(9-11)19(28)23-18-16(27(29)30)5-4-15(22-18)13-3-2-12(20)7-14(13)21/h2-5,7,11H,6,8-9H2,1H3,(H,22,23,28). The number of nitrogens with one attached hydrogen (secondary N) is 1. The summed E-state index contributed by atoms with van der Waals surface area (Å²) in [5.74, 6) is -1.70. The molecule has 0 aliphatic carbocycles. The van der Waals surface area contributed by atoms with Crippen molar-refractivity contribution in [2.24, 2.45) is 5.92 Å². The lowest BCUT2D eigenvalue weighted by molar-refractivity contribution is -0.384. The number of aromatic nitrogens is 3. The van der Waals surface area contributed by atoms with Crippen molar-refractivity contribution in [3.8, 4) is 11.3 Å². The van der Waals surface area contributed by atoms with Crippen LogP contribution in [0.5, 0.6) is 0 Å². The molecule has 0 saturated carbocycles. The molecule has 31 heavy (non-hydrogen) atoms. The van der Waals surface area contributed by atoms with E-state index in [4.69, 9.17) is 0 Å². The first-order valence-corrected chi connectivity index (χ1v) is 10.1. The van der Waals surface area contributed by atoms with Gasteiger partial charge in [0.05, 0.1) is 10.6 Å². The van der Waals surface area contributed by atoms with E-state index in [9.17, 15) is 23.7 Å². The summed E-state index contributed by atoms with van der Waals surface area (Å²) in [6, 6.07) is 4.75. The molecule has 1 aromatic carbocycles. The molecule has 9 nitrogen and oxygen atoms in total. The molecule has 1 N–H and O–H groups in total. The Morgan fingerprint density at radius 3 is 2.71 bits per heavy atom. The van der Waals surface area contributed by atoms with Gasteiger partial charge in [-0.05, 0) is 25.1 Å². The second-order valence-electron chi connectivity index (χ2n) is 7.07. The van der Waals surface area contributed by atoms with Crippen LogP contribution in [0.1, 0.15) is 10.0 Å². The van der Waals surface area contributed by atoms with Crippen LogP contribution in [0, 0.1) is 34.6 Å². The first-order valence-electron chi connectivity index (χ1n) is 9.26. The highest BCUT2D eigenvalue weighted by molar-refractivity contribution is 7.11. The van der Waals surface area contributed by atoms with E-state index in [1.165, 1.54) is 28.4 Å². The van der Waals surface area contributed by atoms with Crippen LogP contribution < -0.4 is 5.32 Å². The van der Waals surface area contributed by atoms with E-state index >= 15 is 0 Å². The number of amides is 2. The van der Waals surface area contributed by atoms with E-state index in [0.29, 0.717) is 25.6 Å². The molecule has 4 rings (SSSR count). The van der Waals surface area contributed by atoms with Gasteiger partial charge in [-0.1, -0.05) is 0 Å². The van der Waals surface area contributed by atoms with Gasteiger partial charge >= 0.3 is 11.7 Å². The van der Waals surface area contributed by atoms with Gasteiger partial charge < -0.3 is 4.90 Å². The number of carbonyl (C=O) groups is 1. The van der Waals surface area contributed by atoms with Crippen molar-refractivity contribution in [1.82, 2.24) is 20.1 Å². The molecule has 2 amide bonds. The molecule has 3 aromatic rings. The van der Waals surface area contributed by atoms with Crippen LogP contribution in [0.15, 0.2) is 30.3 Å². The van der Waals surface area contributed by atoms with Crippen molar-refractivity contribution in [2.75, 3.05) is 18.4 Å². The summed E-state index contributed by atoms with van der Waals surface area (Å²) in [5, 5.41) is 23.6. The van der Waals surface area contributed by atoms with Crippen LogP contribution in [0.4, 0.5) is 25.1 Å². The van der Waals surface area contributed by atoms with Crippen molar-refractivity contribution in [3.63, 3.8) is 0 Å². The van der Waals surface area contributed by atoms with Crippen molar-refractivity contribution in [3.05, 3.63) is 62.1 Å². The maximum Gasteiger partial charge on any atom is 0.323 e. The maximum atomic E-state index is 14.1. The summed E-state index contributed by atoms with van der Waals surface area (Å²) in [6.07, 6.45) is 0.701. The third kappa shape index (κ3) is 4.48. The van der Waals surface area contributed by atoms with Crippen molar-refractivity contribution in [1.29, 1.82) is 0 Å². The average Bonchev–Trinajstić information content (AvgIpc) is 3.09. The normalized spacial score (nSPS) is 13.7. The molecule has 12 heteroatoms. The predicted octanol–water partition coefficient (Wildman–Crippen LogP) is 3.80. The summed E-state index contributed by atoms with van der Waals surface area (Å²) in [4.78, 5) is 28.7. The second kappa shape index (κ2) is 8.30. The van der Waals surface area contributed by atoms with E-state index < -0.39 is 28.3 Å². The molecule has 0 unspecified atom stereocenters. The smallest absolute Gasteiger partial charge is 0.323 e. The summed E-state index contributed by atoms with van der Waals surface area (Å²) in [6.45, 7) is 2.79. The van der Waals surface area contributed by atoms with Crippen molar-refractivity contribution in [2.45, 2.75) is 13.3 Å². The zero-order valence-electron chi connectivity index (χ0n) is 16.2. The third-order valence-corrected chi connectivity index (χ3v) is 5.64. The molecule has 1 aliphatic rings. The summed E-state index contributed by atoms with van der Waals surface area (Å²) >= 11 is 1.50. The van der Waals surface area contributed by atoms with Gasteiger partial charge in [-0.25, -0.2) is 18.6 Å². The van der Waals surface area contributed by atoms with E-state index in [2.05, 4.69) is 20.5 Å². The molecule has 0 atom stereocenters. The SMILES string of the molecule is Cc1nnc(CC2CN(C(=O)Nc3nc(-c4ccc(F)cc4F)ccc3[N+](=O)[O-])C2)s1. The van der Waals surface area contributed by atoms with Crippen molar-refractivity contribution >= 4 is 28.9 Å². The fraction of sp³-hybridized carbons (Fsp3) is 0.263. The number of likely N-dealkylation sites (tertiary alicyclic amines) is 1. The third-order valence-electron chi connectivity index (χ3n) is 4.78. The second-order valence-corrected chi connectivity index (χ2v) is 8.33. The van der Waals surface area contributed by atoms with E-state index in [-0.39, 0.29) is 23.0 Å². The molecule has 2 aromatic heterocycles. The molecule has 0 bridgehead atoms. The molecule has 1 fully saturated rings. The number of anilines is 1. The fourth-order valence-corrected chi connectivity index (χ4v) is 4.07. The lowest BCUT2D eigenvalue weighted by atomic mass is 9.97. The van der Waals surface area contributed by atoms with Crippen LogP contribution in [-0.4, -0.2) is 44.1 Å². The first-order chi connectivity index (χ1) is 14.8. The molecule has 0 spiro atoms. The van der Waals surface area contributed by atoms with Crippen LogP contribution in [-0.2, 0) is 6.42 Å². The van der Waals surface area contributed by atoms with Crippen molar-refractivity contribution < 1.29 is 18.5 Å². The van der Waals surface area contributed by atoms with Crippen LogP contribution in [0.3, 0.4) is 0 Å². The number of hydrogen-bond donors (Lipinski definition) is 1. The minimum Gasteiger partial charge on any atom is -0.324 e. The molecular weight excluding hydrogens is 430 g/mol. The average molecular weight is 446 g/mol. The number of hydrogen-bond acceptors (Lipinski definition) is 7. The Kier molecular flexibility index (Phi) is 5.55. The highest BCUT2D eigenvalue weighted by atomic mass is 32.1. The maximum absolute atomic E-state index is 14.1. The van der Waals surface area contributed by atoms with Gasteiger partial charge in [0.15, 0.2) is 0 Å². The predicted molar refractivity (Wildman–Crippen MR) is 109 cm³/mol. The number of benzene rings is 1. The Labute approximate surface area is 178 Å². The topological polar surface area (TPSA) is 114 Å². The van der Waals surface area contributed by atoms with Gasteiger partial charge in [0, 0.05) is 43.1 Å². The number of aryl methyl sites for hydroxylation is 1. The largest absolute Gasteiger partial charge is 0.324 e. The molecule has 0 radical (unpaired) electrons. The lowest BCUT2D eigenvalue weighted by Crippen LogP contribution is -2.52. The Balaban J connectivity index is 1.48. The number of pyridine rings is 1. The number of nitro groups is 1. The van der Waals surface area contributed by atoms with Gasteiger partial charge in [0.25, 0.3) is 0 Å². The monoisotopic (exact) mass is 446 g/mol. The van der Waals surface area contributed by atoms with Crippen LogP contribution >= 0.6 is 11.3 Å². The first kappa shape index (κ1) is 20.7. The lowest BCUT2D eigenvalue weighted by Gasteiger charge is -2.38. The fourth-order valence-electron chi connectivity index (χ4n) is 3.25. The number of nitrogens with zero attached hydrogens (tertiary/aromatic N) is 5. The Bertz CT molecular complexity index is 1170. The van der Waals surface area contributed by atoms with Gasteiger partial charge in [-0.3, -0.25) is 15.4 Å². The van der Waals surface area contributed by atoms with Gasteiger partial charge in [0.1, 0.15) is 21.6 Å². The minimum absolute atomic E-state index is 0.0338. The number of halogens is 2. The van der Waals surface area contributed by atoms with Crippen LogP contribution in [0.2, 0.25) is 0 Å².